The Morgan fingerprint density at radius 2 is 1.89 bits per heavy atom. The Labute approximate surface area is 265 Å². The average molecular weight is 617 g/mol. The number of aryl methyl sites for hydroxylation is 1. The van der Waals surface area contributed by atoms with Crippen LogP contribution in [0.25, 0.3) is 0 Å². The van der Waals surface area contributed by atoms with Crippen LogP contribution >= 0.6 is 0 Å². The van der Waals surface area contributed by atoms with E-state index in [1.165, 1.54) is 5.56 Å². The third kappa shape index (κ3) is 4.93. The first-order valence-electron chi connectivity index (χ1n) is 15.7. The molecule has 5 atom stereocenters. The number of carbonyl (C=O) groups is 1. The lowest BCUT2D eigenvalue weighted by Gasteiger charge is -2.60. The molecule has 2 aromatic carbocycles. The molecule has 45 heavy (non-hydrogen) atoms. The lowest BCUT2D eigenvalue weighted by Crippen LogP contribution is -2.68. The summed E-state index contributed by atoms with van der Waals surface area (Å²) < 4.78 is 30.3. The first-order chi connectivity index (χ1) is 21.6. The SMILES string of the molecule is C=CCOc1c(C)c2c(c3c1CC1[C@H]4c5c(cc(C)c(C)c5OCOC)C[C@@H](C(C#N)N1[C@H]3CNC(=O)C(C)C)N4C)OCO2. The molecule has 10 heteroatoms. The summed E-state index contributed by atoms with van der Waals surface area (Å²) in [7, 11) is 3.76. The number of likely N-dealkylation sites (N-methyl/N-ethyl adjacent to an activating group) is 1. The monoisotopic (exact) mass is 616 g/mol. The normalized spacial score (nSPS) is 24.7. The molecule has 2 bridgehead atoms. The molecule has 0 saturated carbocycles. The minimum Gasteiger partial charge on any atom is -0.489 e. The van der Waals surface area contributed by atoms with Gasteiger partial charge in [0, 0.05) is 53.9 Å². The second kappa shape index (κ2) is 12.2. The van der Waals surface area contributed by atoms with E-state index in [4.69, 9.17) is 23.7 Å². The van der Waals surface area contributed by atoms with Crippen LogP contribution in [0, 0.1) is 38.0 Å². The number of nitriles is 1. The highest BCUT2D eigenvalue weighted by Crippen LogP contribution is 2.57. The molecule has 2 unspecified atom stereocenters. The van der Waals surface area contributed by atoms with Crippen molar-refractivity contribution in [2.24, 2.45) is 5.92 Å². The van der Waals surface area contributed by atoms with Gasteiger partial charge in [0.2, 0.25) is 12.7 Å². The Kier molecular flexibility index (Phi) is 8.46. The van der Waals surface area contributed by atoms with Crippen molar-refractivity contribution in [3.8, 4) is 29.1 Å². The predicted molar refractivity (Wildman–Crippen MR) is 169 cm³/mol. The van der Waals surface area contributed by atoms with Gasteiger partial charge >= 0.3 is 0 Å². The summed E-state index contributed by atoms with van der Waals surface area (Å²) in [5.74, 6) is 2.69. The zero-order valence-electron chi connectivity index (χ0n) is 27.4. The van der Waals surface area contributed by atoms with Crippen molar-refractivity contribution in [3.05, 3.63) is 57.7 Å². The molecule has 1 fully saturated rings. The van der Waals surface area contributed by atoms with Gasteiger partial charge in [-0.05, 0) is 57.4 Å². The van der Waals surface area contributed by atoms with Crippen LogP contribution in [0.4, 0.5) is 0 Å². The van der Waals surface area contributed by atoms with E-state index in [-0.39, 0.29) is 49.6 Å². The van der Waals surface area contributed by atoms with Gasteiger partial charge in [-0.2, -0.15) is 5.26 Å². The molecule has 1 saturated heterocycles. The molecule has 240 valence electrons. The molecule has 2 aromatic rings. The maximum absolute atomic E-state index is 13.0. The number of nitrogens with one attached hydrogen (secondary N) is 1. The van der Waals surface area contributed by atoms with Crippen molar-refractivity contribution in [2.45, 2.75) is 77.7 Å². The quantitative estimate of drug-likeness (QED) is 0.324. The molecule has 0 aromatic heterocycles. The minimum absolute atomic E-state index is 0.0442. The number of rotatable bonds is 9. The number of carbonyl (C=O) groups excluding carboxylic acids is 1. The van der Waals surface area contributed by atoms with E-state index in [0.717, 1.165) is 44.9 Å². The van der Waals surface area contributed by atoms with Crippen LogP contribution in [0.5, 0.6) is 23.0 Å². The average Bonchev–Trinajstić information content (AvgIpc) is 3.51. The van der Waals surface area contributed by atoms with Gasteiger partial charge in [-0.25, -0.2) is 0 Å². The number of nitrogens with zero attached hydrogens (tertiary/aromatic N) is 3. The molecule has 0 radical (unpaired) electrons. The fraction of sp³-hybridized carbons (Fsp3) is 0.543. The zero-order chi connectivity index (χ0) is 32.2. The van der Waals surface area contributed by atoms with E-state index in [2.05, 4.69) is 54.7 Å². The molecule has 4 aliphatic rings. The first-order valence-corrected chi connectivity index (χ1v) is 15.7. The Morgan fingerprint density at radius 3 is 2.58 bits per heavy atom. The van der Waals surface area contributed by atoms with Crippen molar-refractivity contribution >= 4 is 5.91 Å². The number of benzene rings is 2. The third-order valence-electron chi connectivity index (χ3n) is 10.1. The van der Waals surface area contributed by atoms with Gasteiger partial charge in [0.1, 0.15) is 24.1 Å². The van der Waals surface area contributed by atoms with Gasteiger partial charge in [0.05, 0.1) is 18.2 Å². The second-order valence-corrected chi connectivity index (χ2v) is 12.9. The highest BCUT2D eigenvalue weighted by Gasteiger charge is 2.56. The lowest BCUT2D eigenvalue weighted by atomic mass is 9.71. The zero-order valence-corrected chi connectivity index (χ0v) is 27.4. The number of ether oxygens (including phenoxy) is 5. The Balaban J connectivity index is 1.60. The molecule has 0 aliphatic carbocycles. The third-order valence-corrected chi connectivity index (χ3v) is 10.1. The first kappa shape index (κ1) is 31.2. The van der Waals surface area contributed by atoms with Gasteiger partial charge in [0.15, 0.2) is 18.3 Å². The van der Waals surface area contributed by atoms with Crippen LogP contribution in [0.1, 0.15) is 64.9 Å². The largest absolute Gasteiger partial charge is 0.489 e. The summed E-state index contributed by atoms with van der Waals surface area (Å²) in [6.07, 6.45) is 3.04. The van der Waals surface area contributed by atoms with Gasteiger partial charge in [-0.3, -0.25) is 14.6 Å². The maximum atomic E-state index is 13.0. The summed E-state index contributed by atoms with van der Waals surface area (Å²) in [5, 5.41) is 14.1. The molecular weight excluding hydrogens is 572 g/mol. The number of hydrogen-bond donors (Lipinski definition) is 1. The molecule has 0 spiro atoms. The van der Waals surface area contributed by atoms with Crippen LogP contribution < -0.4 is 24.3 Å². The van der Waals surface area contributed by atoms with E-state index in [0.29, 0.717) is 37.5 Å². The van der Waals surface area contributed by atoms with Crippen molar-refractivity contribution in [1.82, 2.24) is 15.1 Å². The fourth-order valence-corrected chi connectivity index (χ4v) is 7.92. The number of methoxy groups -OCH3 is 1. The number of hydrogen-bond acceptors (Lipinski definition) is 9. The predicted octanol–water partition coefficient (Wildman–Crippen LogP) is 4.43. The Bertz CT molecular complexity index is 1560. The van der Waals surface area contributed by atoms with Crippen LogP contribution in [-0.4, -0.2) is 74.7 Å². The van der Waals surface area contributed by atoms with E-state index in [1.807, 2.05) is 20.8 Å². The summed E-state index contributed by atoms with van der Waals surface area (Å²) in [4.78, 5) is 17.7. The van der Waals surface area contributed by atoms with Crippen molar-refractivity contribution in [3.63, 3.8) is 0 Å². The number of fused-ring (bicyclic) bond motifs is 9. The highest BCUT2D eigenvalue weighted by molar-refractivity contribution is 5.78. The minimum atomic E-state index is -0.444. The molecule has 1 N–H and O–H groups in total. The number of piperazine rings is 1. The molecular formula is C35H44N4O6. The second-order valence-electron chi connectivity index (χ2n) is 12.9. The van der Waals surface area contributed by atoms with Crippen LogP contribution in [0.3, 0.4) is 0 Å². The van der Waals surface area contributed by atoms with Gasteiger partial charge < -0.3 is 29.0 Å². The van der Waals surface area contributed by atoms with Crippen LogP contribution in [-0.2, 0) is 22.4 Å². The van der Waals surface area contributed by atoms with Gasteiger partial charge in [-0.15, -0.1) is 0 Å². The molecule has 10 nitrogen and oxygen atoms in total. The fourth-order valence-electron chi connectivity index (χ4n) is 7.92. The maximum Gasteiger partial charge on any atom is 0.231 e. The number of amides is 1. The molecule has 1 amide bonds. The summed E-state index contributed by atoms with van der Waals surface area (Å²) in [5.41, 5.74) is 7.39. The van der Waals surface area contributed by atoms with Crippen molar-refractivity contribution < 1.29 is 28.5 Å². The topological polar surface area (TPSA) is 106 Å². The van der Waals surface area contributed by atoms with Crippen LogP contribution in [0.15, 0.2) is 18.7 Å². The van der Waals surface area contributed by atoms with Crippen LogP contribution in [0.2, 0.25) is 0 Å². The summed E-state index contributed by atoms with van der Waals surface area (Å²) >= 11 is 0. The summed E-state index contributed by atoms with van der Waals surface area (Å²) in [6.45, 7) is 14.7. The smallest absolute Gasteiger partial charge is 0.231 e. The van der Waals surface area contributed by atoms with Gasteiger partial charge in [0.25, 0.3) is 0 Å². The van der Waals surface area contributed by atoms with E-state index >= 15 is 0 Å². The Morgan fingerprint density at radius 1 is 1.13 bits per heavy atom. The summed E-state index contributed by atoms with van der Waals surface area (Å²) in [6, 6.07) is 3.86. The lowest BCUT2D eigenvalue weighted by molar-refractivity contribution is -0.125. The highest BCUT2D eigenvalue weighted by atomic mass is 16.7. The van der Waals surface area contributed by atoms with Gasteiger partial charge in [-0.1, -0.05) is 32.6 Å². The van der Waals surface area contributed by atoms with Crippen molar-refractivity contribution in [2.75, 3.05) is 40.9 Å². The van der Waals surface area contributed by atoms with Crippen molar-refractivity contribution in [1.29, 1.82) is 5.26 Å². The molecule has 4 aliphatic heterocycles. The Hall–Kier alpha value is -3.78. The standard InChI is InChI=1S/C35H44N4O6/c1-9-10-42-31-21(6)33-34(45-17-44-33)29-23(31)13-25-30-28-22(11-19(4)20(5)32(28)43-16-41-8)12-24(38(30)7)26(14-36)39(25)27(29)15-37-35(40)18(2)3/h9,11,18,24-27,30H,1,10,12-13,15-17H2,2-8H3,(H,37,40)/t24-,25?,26?,27-,30-/m0/s1. The molecule has 4 heterocycles. The van der Waals surface area contributed by atoms with E-state index < -0.39 is 6.04 Å². The van der Waals surface area contributed by atoms with E-state index in [9.17, 15) is 10.1 Å². The van der Waals surface area contributed by atoms with E-state index in [1.54, 1.807) is 13.2 Å². The molecule has 6 rings (SSSR count).